The summed E-state index contributed by atoms with van der Waals surface area (Å²) in [4.78, 5) is 12.0. The molecule has 0 spiro atoms. The van der Waals surface area contributed by atoms with E-state index in [4.69, 9.17) is 9.47 Å². The molecule has 1 aromatic carbocycles. The molecule has 2 rings (SSSR count). The molecule has 0 fully saturated rings. The summed E-state index contributed by atoms with van der Waals surface area (Å²) < 4.78 is 12.5. The van der Waals surface area contributed by atoms with E-state index in [1.807, 2.05) is 52.9 Å². The zero-order chi connectivity index (χ0) is 17.7. The molecule has 0 atom stereocenters. The van der Waals surface area contributed by atoms with Crippen LogP contribution in [-0.4, -0.2) is 18.8 Å². The van der Waals surface area contributed by atoms with Crippen molar-refractivity contribution >= 4 is 0 Å². The highest BCUT2D eigenvalue weighted by atomic mass is 16.5. The molecule has 1 heterocycles. The van der Waals surface area contributed by atoms with Crippen molar-refractivity contribution in [3.8, 4) is 22.6 Å². The zero-order valence-corrected chi connectivity index (χ0v) is 15.4. The number of pyridine rings is 1. The van der Waals surface area contributed by atoms with Crippen LogP contribution in [0.2, 0.25) is 0 Å². The van der Waals surface area contributed by atoms with Crippen molar-refractivity contribution < 1.29 is 9.47 Å². The first-order valence-electron chi connectivity index (χ1n) is 7.80. The smallest absolute Gasteiger partial charge is 0.253 e. The van der Waals surface area contributed by atoms with E-state index in [0.717, 1.165) is 39.3 Å². The lowest BCUT2D eigenvalue weighted by Crippen LogP contribution is -2.20. The minimum Gasteiger partial charge on any atom is -0.496 e. The van der Waals surface area contributed by atoms with Crippen LogP contribution in [0.5, 0.6) is 11.5 Å². The third-order valence-electron chi connectivity index (χ3n) is 3.94. The Labute approximate surface area is 138 Å². The quantitative estimate of drug-likeness (QED) is 0.858. The minimum absolute atomic E-state index is 0.0225. The number of ether oxygens (including phenoxy) is 2. The first kappa shape index (κ1) is 18.8. The fourth-order valence-corrected chi connectivity index (χ4v) is 2.51. The number of rotatable bonds is 3. The second kappa shape index (κ2) is 7.86. The predicted molar refractivity (Wildman–Crippen MR) is 95.8 cm³/mol. The number of aryl methyl sites for hydroxylation is 2. The summed E-state index contributed by atoms with van der Waals surface area (Å²) in [6.07, 6.45) is 1.84. The fourth-order valence-electron chi connectivity index (χ4n) is 2.51. The van der Waals surface area contributed by atoms with Crippen molar-refractivity contribution in [2.45, 2.75) is 34.6 Å². The Balaban J connectivity index is 0.00000127. The molecule has 0 bridgehead atoms. The maximum Gasteiger partial charge on any atom is 0.253 e. The zero-order valence-electron chi connectivity index (χ0n) is 15.4. The van der Waals surface area contributed by atoms with E-state index in [-0.39, 0.29) is 5.56 Å². The van der Waals surface area contributed by atoms with E-state index in [2.05, 4.69) is 0 Å². The molecule has 0 aliphatic rings. The van der Waals surface area contributed by atoms with Crippen LogP contribution in [0, 0.1) is 20.8 Å². The van der Waals surface area contributed by atoms with Gasteiger partial charge in [0.05, 0.1) is 14.2 Å². The average Bonchev–Trinajstić information content (AvgIpc) is 2.58. The molecule has 0 aliphatic heterocycles. The summed E-state index contributed by atoms with van der Waals surface area (Å²) in [5.41, 5.74) is 4.64. The van der Waals surface area contributed by atoms with Gasteiger partial charge in [-0.2, -0.15) is 0 Å². The molecule has 0 saturated carbocycles. The molecule has 2 aromatic rings. The molecule has 4 nitrogen and oxygen atoms in total. The van der Waals surface area contributed by atoms with Gasteiger partial charge < -0.3 is 14.0 Å². The van der Waals surface area contributed by atoms with Crippen molar-refractivity contribution in [2.24, 2.45) is 7.05 Å². The van der Waals surface area contributed by atoms with Gasteiger partial charge >= 0.3 is 0 Å². The topological polar surface area (TPSA) is 40.5 Å². The van der Waals surface area contributed by atoms with Gasteiger partial charge in [0.2, 0.25) is 0 Å². The van der Waals surface area contributed by atoms with Gasteiger partial charge in [0, 0.05) is 29.9 Å². The molecule has 0 aliphatic carbocycles. The molecule has 0 saturated heterocycles. The van der Waals surface area contributed by atoms with Gasteiger partial charge in [-0.3, -0.25) is 4.79 Å². The first-order valence-corrected chi connectivity index (χ1v) is 7.80. The third kappa shape index (κ3) is 3.58. The van der Waals surface area contributed by atoms with E-state index >= 15 is 0 Å². The van der Waals surface area contributed by atoms with Crippen LogP contribution in [0.25, 0.3) is 11.1 Å². The molecule has 1 aromatic heterocycles. The highest BCUT2D eigenvalue weighted by molar-refractivity contribution is 5.75. The van der Waals surface area contributed by atoms with E-state index < -0.39 is 0 Å². The second-order valence-corrected chi connectivity index (χ2v) is 5.23. The molecule has 0 unspecified atom stereocenters. The number of hydrogen-bond acceptors (Lipinski definition) is 3. The maximum atomic E-state index is 12.0. The van der Waals surface area contributed by atoms with Gasteiger partial charge in [0.15, 0.2) is 0 Å². The van der Waals surface area contributed by atoms with Crippen LogP contribution in [-0.2, 0) is 7.05 Å². The van der Waals surface area contributed by atoms with E-state index in [1.54, 1.807) is 25.8 Å². The Morgan fingerprint density at radius 1 is 0.870 bits per heavy atom. The minimum atomic E-state index is 0.0225. The summed E-state index contributed by atoms with van der Waals surface area (Å²) in [7, 11) is 5.06. The summed E-state index contributed by atoms with van der Waals surface area (Å²) in [6, 6.07) is 3.91. The fraction of sp³-hybridized carbons (Fsp3) is 0.421. The van der Waals surface area contributed by atoms with Gasteiger partial charge in [-0.05, 0) is 44.0 Å². The normalized spacial score (nSPS) is 9.91. The molecule has 0 radical (unpaired) electrons. The van der Waals surface area contributed by atoms with Gasteiger partial charge in [0.1, 0.15) is 11.5 Å². The molecule has 23 heavy (non-hydrogen) atoms. The Hall–Kier alpha value is -2.23. The summed E-state index contributed by atoms with van der Waals surface area (Å²) in [5, 5.41) is 0. The molecule has 126 valence electrons. The predicted octanol–water partition coefficient (Wildman–Crippen LogP) is 4.02. The van der Waals surface area contributed by atoms with E-state index in [0.29, 0.717) is 0 Å². The number of aromatic nitrogens is 1. The molecular weight excluding hydrogens is 290 g/mol. The summed E-state index contributed by atoms with van der Waals surface area (Å²) in [6.45, 7) is 9.78. The lowest BCUT2D eigenvalue weighted by molar-refractivity contribution is 0.402. The van der Waals surface area contributed by atoms with E-state index in [9.17, 15) is 4.79 Å². The van der Waals surface area contributed by atoms with Crippen LogP contribution in [0.1, 0.15) is 30.5 Å². The van der Waals surface area contributed by atoms with Crippen molar-refractivity contribution in [1.82, 2.24) is 4.57 Å². The van der Waals surface area contributed by atoms with Gasteiger partial charge in [-0.1, -0.05) is 13.8 Å². The molecule has 0 amide bonds. The summed E-state index contributed by atoms with van der Waals surface area (Å²) >= 11 is 0. The maximum absolute atomic E-state index is 12.0. The number of benzene rings is 1. The monoisotopic (exact) mass is 317 g/mol. The highest BCUT2D eigenvalue weighted by Crippen LogP contribution is 2.37. The van der Waals surface area contributed by atoms with Crippen molar-refractivity contribution in [1.29, 1.82) is 0 Å². The van der Waals surface area contributed by atoms with E-state index in [1.165, 1.54) is 0 Å². The highest BCUT2D eigenvalue weighted by Gasteiger charge is 2.15. The van der Waals surface area contributed by atoms with Crippen LogP contribution < -0.4 is 15.0 Å². The van der Waals surface area contributed by atoms with Gasteiger partial charge in [-0.15, -0.1) is 0 Å². The standard InChI is InChI=1S/C17H21NO3.C2H6/c1-10-7-16(21-6)13(8-15(10)20-5)14-9-18(4)17(19)12(3)11(14)2;1-2/h7-9H,1-6H3;1-2H3. The van der Waals surface area contributed by atoms with Crippen LogP contribution in [0.4, 0.5) is 0 Å². The molecular formula is C19H27NO3. The molecule has 4 heteroatoms. The largest absolute Gasteiger partial charge is 0.496 e. The van der Waals surface area contributed by atoms with Gasteiger partial charge in [-0.25, -0.2) is 0 Å². The van der Waals surface area contributed by atoms with Crippen LogP contribution >= 0.6 is 0 Å². The third-order valence-corrected chi connectivity index (χ3v) is 3.94. The van der Waals surface area contributed by atoms with Crippen molar-refractivity contribution in [2.75, 3.05) is 14.2 Å². The second-order valence-electron chi connectivity index (χ2n) is 5.23. The van der Waals surface area contributed by atoms with Gasteiger partial charge in [0.25, 0.3) is 5.56 Å². The first-order chi connectivity index (χ1) is 10.9. The lowest BCUT2D eigenvalue weighted by atomic mass is 9.97. The Bertz CT molecular complexity index is 745. The van der Waals surface area contributed by atoms with Crippen molar-refractivity contribution in [3.05, 3.63) is 45.4 Å². The molecule has 0 N–H and O–H groups in total. The van der Waals surface area contributed by atoms with Crippen LogP contribution in [0.15, 0.2) is 23.1 Å². The Kier molecular flexibility index (Phi) is 6.43. The average molecular weight is 317 g/mol. The number of nitrogens with zero attached hydrogens (tertiary/aromatic N) is 1. The lowest BCUT2D eigenvalue weighted by Gasteiger charge is -2.16. The summed E-state index contributed by atoms with van der Waals surface area (Å²) in [5.74, 6) is 1.58. The SMILES string of the molecule is CC.COc1cc(-c2cn(C)c(=O)c(C)c2C)c(OC)cc1C. The Morgan fingerprint density at radius 3 is 1.96 bits per heavy atom. The number of methoxy groups -OCH3 is 2. The Morgan fingerprint density at radius 2 is 1.43 bits per heavy atom. The van der Waals surface area contributed by atoms with Crippen molar-refractivity contribution in [3.63, 3.8) is 0 Å². The van der Waals surface area contributed by atoms with Crippen LogP contribution in [0.3, 0.4) is 0 Å². The number of hydrogen-bond donors (Lipinski definition) is 0.